The smallest absolute Gasteiger partial charge is 0.237 e. The van der Waals surface area contributed by atoms with Crippen molar-refractivity contribution < 1.29 is 4.79 Å². The molecule has 19 heavy (non-hydrogen) atoms. The number of nitrogens with zero attached hydrogens (tertiary/aromatic N) is 1. The third kappa shape index (κ3) is 3.52. The summed E-state index contributed by atoms with van der Waals surface area (Å²) in [6, 6.07) is 5.45. The molecule has 1 unspecified atom stereocenters. The SMILES string of the molecule is Cc1c(Cl)cccc1NC(=O)C(C)Sc1ncc[nH]1. The van der Waals surface area contributed by atoms with Crippen LogP contribution >= 0.6 is 23.4 Å². The van der Waals surface area contributed by atoms with E-state index in [-0.39, 0.29) is 11.2 Å². The highest BCUT2D eigenvalue weighted by molar-refractivity contribution is 8.00. The molecule has 1 amide bonds. The first-order valence-electron chi connectivity index (χ1n) is 5.80. The first-order chi connectivity index (χ1) is 9.08. The van der Waals surface area contributed by atoms with E-state index in [0.29, 0.717) is 5.02 Å². The number of rotatable bonds is 4. The lowest BCUT2D eigenvalue weighted by molar-refractivity contribution is -0.115. The van der Waals surface area contributed by atoms with Crippen LogP contribution in [0.3, 0.4) is 0 Å². The number of aromatic nitrogens is 2. The average Bonchev–Trinajstić information content (AvgIpc) is 2.87. The molecule has 2 N–H and O–H groups in total. The molecule has 100 valence electrons. The number of aromatic amines is 1. The summed E-state index contributed by atoms with van der Waals surface area (Å²) in [5, 5.41) is 4.00. The van der Waals surface area contributed by atoms with E-state index < -0.39 is 0 Å². The summed E-state index contributed by atoms with van der Waals surface area (Å²) in [7, 11) is 0. The number of hydrogen-bond acceptors (Lipinski definition) is 3. The topological polar surface area (TPSA) is 57.8 Å². The van der Waals surface area contributed by atoms with Gasteiger partial charge in [-0.3, -0.25) is 4.79 Å². The molecule has 0 fully saturated rings. The van der Waals surface area contributed by atoms with Gasteiger partial charge in [-0.25, -0.2) is 4.98 Å². The summed E-state index contributed by atoms with van der Waals surface area (Å²) in [6.45, 7) is 3.71. The fourth-order valence-corrected chi connectivity index (χ4v) is 2.45. The number of H-pyrrole nitrogens is 1. The third-order valence-electron chi connectivity index (χ3n) is 2.66. The Hall–Kier alpha value is -1.46. The van der Waals surface area contributed by atoms with Crippen molar-refractivity contribution >= 4 is 35.0 Å². The molecule has 1 atom stereocenters. The van der Waals surface area contributed by atoms with E-state index in [1.165, 1.54) is 11.8 Å². The Kier molecular flexibility index (Phi) is 4.50. The molecule has 2 rings (SSSR count). The number of hydrogen-bond donors (Lipinski definition) is 2. The molecular weight excluding hydrogens is 282 g/mol. The van der Waals surface area contributed by atoms with Crippen LogP contribution in [0.15, 0.2) is 35.7 Å². The van der Waals surface area contributed by atoms with Crippen molar-refractivity contribution in [2.45, 2.75) is 24.3 Å². The second kappa shape index (κ2) is 6.12. The number of nitrogens with one attached hydrogen (secondary N) is 2. The van der Waals surface area contributed by atoms with Crippen molar-refractivity contribution in [3.05, 3.63) is 41.2 Å². The standard InChI is InChI=1S/C13H14ClN3OS/c1-8-10(14)4-3-5-11(8)17-12(18)9(2)19-13-15-6-7-16-13/h3-7,9H,1-2H3,(H,15,16)(H,17,18). The predicted molar refractivity (Wildman–Crippen MR) is 78.7 cm³/mol. The van der Waals surface area contributed by atoms with Crippen molar-refractivity contribution in [2.75, 3.05) is 5.32 Å². The summed E-state index contributed by atoms with van der Waals surface area (Å²) in [5.41, 5.74) is 1.61. The summed E-state index contributed by atoms with van der Waals surface area (Å²) in [5.74, 6) is -0.0771. The number of amides is 1. The molecule has 0 saturated carbocycles. The number of anilines is 1. The minimum atomic E-state index is -0.246. The van der Waals surface area contributed by atoms with Crippen LogP contribution in [0.1, 0.15) is 12.5 Å². The molecule has 6 heteroatoms. The molecule has 0 aliphatic carbocycles. The van der Waals surface area contributed by atoms with Crippen LogP contribution in [0.25, 0.3) is 0 Å². The van der Waals surface area contributed by atoms with Gasteiger partial charge in [-0.05, 0) is 31.5 Å². The first kappa shape index (κ1) is 14.0. The number of thioether (sulfide) groups is 1. The normalized spacial score (nSPS) is 12.2. The van der Waals surface area contributed by atoms with Gasteiger partial charge in [0.05, 0.1) is 5.25 Å². The van der Waals surface area contributed by atoms with Crippen LogP contribution in [0, 0.1) is 6.92 Å². The Balaban J connectivity index is 2.02. The van der Waals surface area contributed by atoms with Gasteiger partial charge in [0.2, 0.25) is 5.91 Å². The van der Waals surface area contributed by atoms with Gasteiger partial charge in [0.1, 0.15) is 0 Å². The van der Waals surface area contributed by atoms with E-state index in [2.05, 4.69) is 15.3 Å². The van der Waals surface area contributed by atoms with Gasteiger partial charge >= 0.3 is 0 Å². The maximum absolute atomic E-state index is 12.1. The molecule has 0 saturated heterocycles. The summed E-state index contributed by atoms with van der Waals surface area (Å²) >= 11 is 7.40. The fraction of sp³-hybridized carbons (Fsp3) is 0.231. The Labute approximate surface area is 121 Å². The lowest BCUT2D eigenvalue weighted by Crippen LogP contribution is -2.23. The van der Waals surface area contributed by atoms with E-state index in [1.807, 2.05) is 26.0 Å². The van der Waals surface area contributed by atoms with E-state index in [1.54, 1.807) is 18.5 Å². The largest absolute Gasteiger partial charge is 0.340 e. The Bertz CT molecular complexity index is 571. The van der Waals surface area contributed by atoms with Gasteiger partial charge in [0.15, 0.2) is 5.16 Å². The molecule has 0 aliphatic heterocycles. The Morgan fingerprint density at radius 1 is 1.53 bits per heavy atom. The molecule has 1 aromatic heterocycles. The van der Waals surface area contributed by atoms with Gasteiger partial charge in [-0.2, -0.15) is 0 Å². The van der Waals surface area contributed by atoms with E-state index >= 15 is 0 Å². The zero-order valence-corrected chi connectivity index (χ0v) is 12.2. The van der Waals surface area contributed by atoms with Crippen molar-refractivity contribution in [2.24, 2.45) is 0 Å². The van der Waals surface area contributed by atoms with Gasteiger partial charge in [0.25, 0.3) is 0 Å². The zero-order valence-electron chi connectivity index (χ0n) is 10.6. The number of imidazole rings is 1. The lowest BCUT2D eigenvalue weighted by atomic mass is 10.2. The molecule has 0 spiro atoms. The van der Waals surface area contributed by atoms with E-state index in [9.17, 15) is 4.79 Å². The molecule has 4 nitrogen and oxygen atoms in total. The van der Waals surface area contributed by atoms with Crippen LogP contribution in [-0.2, 0) is 4.79 Å². The minimum Gasteiger partial charge on any atom is -0.340 e. The Morgan fingerprint density at radius 3 is 3.00 bits per heavy atom. The second-order valence-corrected chi connectivity index (χ2v) is 5.79. The summed E-state index contributed by atoms with van der Waals surface area (Å²) < 4.78 is 0. The molecule has 2 aromatic rings. The van der Waals surface area contributed by atoms with Gasteiger partial charge in [-0.15, -0.1) is 0 Å². The van der Waals surface area contributed by atoms with Crippen molar-refractivity contribution in [3.8, 4) is 0 Å². The summed E-state index contributed by atoms with van der Waals surface area (Å²) in [6.07, 6.45) is 3.39. The first-order valence-corrected chi connectivity index (χ1v) is 7.05. The van der Waals surface area contributed by atoms with E-state index in [0.717, 1.165) is 16.4 Å². The van der Waals surface area contributed by atoms with Gasteiger partial charge in [-0.1, -0.05) is 29.4 Å². The van der Waals surface area contributed by atoms with Crippen LogP contribution in [-0.4, -0.2) is 21.1 Å². The maximum Gasteiger partial charge on any atom is 0.237 e. The molecule has 0 bridgehead atoms. The van der Waals surface area contributed by atoms with Crippen LogP contribution in [0.5, 0.6) is 0 Å². The molecule has 0 radical (unpaired) electrons. The number of carbonyl (C=O) groups is 1. The van der Waals surface area contributed by atoms with Gasteiger partial charge in [0, 0.05) is 23.1 Å². The molecule has 1 heterocycles. The molecule has 1 aromatic carbocycles. The highest BCUT2D eigenvalue weighted by Crippen LogP contribution is 2.25. The highest BCUT2D eigenvalue weighted by Gasteiger charge is 2.16. The number of halogens is 1. The average molecular weight is 296 g/mol. The van der Waals surface area contributed by atoms with Crippen LogP contribution in [0.2, 0.25) is 5.02 Å². The number of benzene rings is 1. The fourth-order valence-electron chi connectivity index (χ4n) is 1.51. The molecule has 0 aliphatic rings. The highest BCUT2D eigenvalue weighted by atomic mass is 35.5. The Morgan fingerprint density at radius 2 is 2.32 bits per heavy atom. The number of carbonyl (C=O) groups excluding carboxylic acids is 1. The van der Waals surface area contributed by atoms with Crippen molar-refractivity contribution in [1.82, 2.24) is 9.97 Å². The van der Waals surface area contributed by atoms with Crippen LogP contribution < -0.4 is 5.32 Å². The van der Waals surface area contributed by atoms with Gasteiger partial charge < -0.3 is 10.3 Å². The quantitative estimate of drug-likeness (QED) is 0.849. The predicted octanol–water partition coefficient (Wildman–Crippen LogP) is 3.49. The summed E-state index contributed by atoms with van der Waals surface area (Å²) in [4.78, 5) is 19.1. The third-order valence-corrected chi connectivity index (χ3v) is 4.08. The maximum atomic E-state index is 12.1. The second-order valence-electron chi connectivity index (χ2n) is 4.06. The minimum absolute atomic E-state index is 0.0771. The van der Waals surface area contributed by atoms with Crippen molar-refractivity contribution in [3.63, 3.8) is 0 Å². The molecular formula is C13H14ClN3OS. The lowest BCUT2D eigenvalue weighted by Gasteiger charge is -2.13. The zero-order chi connectivity index (χ0) is 13.8. The van der Waals surface area contributed by atoms with Crippen molar-refractivity contribution in [1.29, 1.82) is 0 Å². The van der Waals surface area contributed by atoms with Crippen LogP contribution in [0.4, 0.5) is 5.69 Å². The monoisotopic (exact) mass is 295 g/mol. The van der Waals surface area contributed by atoms with E-state index in [4.69, 9.17) is 11.6 Å².